The van der Waals surface area contributed by atoms with E-state index in [9.17, 15) is 4.79 Å². The third-order valence-electron chi connectivity index (χ3n) is 0.996. The summed E-state index contributed by atoms with van der Waals surface area (Å²) in [5.74, 6) is -4.56. The van der Waals surface area contributed by atoms with Crippen molar-refractivity contribution >= 4 is 5.97 Å². The molecule has 0 saturated carbocycles. The van der Waals surface area contributed by atoms with E-state index in [0.717, 1.165) is 0 Å². The third-order valence-corrected chi connectivity index (χ3v) is 0.996. The predicted octanol–water partition coefficient (Wildman–Crippen LogP) is -1.99. The van der Waals surface area contributed by atoms with Crippen LogP contribution in [0.25, 0.3) is 0 Å². The zero-order valence-electron chi connectivity index (χ0n) is 5.26. The molecule has 64 valence electrons. The van der Waals surface area contributed by atoms with Crippen LogP contribution in [0.5, 0.6) is 0 Å². The molecule has 1 aliphatic heterocycles. The quantitative estimate of drug-likeness (QED) is 0.414. The van der Waals surface area contributed by atoms with Crippen LogP contribution in [0.4, 0.5) is 0 Å². The zero-order chi connectivity index (χ0) is 8.48. The molecule has 2 unspecified atom stereocenters. The number of aliphatic hydroxyl groups excluding tert-OH is 1. The van der Waals surface area contributed by atoms with Crippen LogP contribution in [-0.2, 0) is 19.0 Å². The maximum Gasteiger partial charge on any atom is 0.395 e. The fourth-order valence-corrected chi connectivity index (χ4v) is 0.489. The van der Waals surface area contributed by atoms with E-state index in [2.05, 4.69) is 14.2 Å². The highest BCUT2D eigenvalue weighted by Crippen LogP contribution is 2.17. The second-order valence-electron chi connectivity index (χ2n) is 1.74. The Morgan fingerprint density at radius 3 is 2.64 bits per heavy atom. The highest BCUT2D eigenvalue weighted by Gasteiger charge is 2.45. The predicted molar refractivity (Wildman–Crippen MR) is 26.7 cm³/mol. The molecule has 1 fully saturated rings. The zero-order valence-corrected chi connectivity index (χ0v) is 5.26. The van der Waals surface area contributed by atoms with Crippen molar-refractivity contribution < 1.29 is 34.3 Å². The molecule has 0 spiro atoms. The minimum absolute atomic E-state index is 0.552. The van der Waals surface area contributed by atoms with Gasteiger partial charge in [-0.15, -0.1) is 0 Å². The number of hydrogen-bond acceptors (Lipinski definition) is 6. The molecule has 1 heterocycles. The van der Waals surface area contributed by atoms with E-state index >= 15 is 0 Å². The molecule has 0 radical (unpaired) electrons. The van der Waals surface area contributed by atoms with Crippen molar-refractivity contribution in [3.05, 3.63) is 0 Å². The van der Waals surface area contributed by atoms with Gasteiger partial charge in [0.25, 0.3) is 6.48 Å². The molecule has 0 aliphatic carbocycles. The van der Waals surface area contributed by atoms with Gasteiger partial charge in [0.1, 0.15) is 0 Å². The number of carbonyl (C=O) groups is 1. The molecule has 0 aromatic carbocycles. The van der Waals surface area contributed by atoms with Crippen molar-refractivity contribution in [2.75, 3.05) is 6.79 Å². The second kappa shape index (κ2) is 2.72. The molecule has 0 bridgehead atoms. The number of ether oxygens (including phenoxy) is 3. The Hall–Kier alpha value is -0.730. The molecule has 1 rings (SSSR count). The lowest BCUT2D eigenvalue weighted by Crippen LogP contribution is -2.51. The van der Waals surface area contributed by atoms with Crippen LogP contribution in [0.1, 0.15) is 0 Å². The SMILES string of the molecule is O=C(O)C1(O)OCOC(O)O1. The summed E-state index contributed by atoms with van der Waals surface area (Å²) in [6, 6.07) is 0. The van der Waals surface area contributed by atoms with E-state index in [1.54, 1.807) is 0 Å². The summed E-state index contributed by atoms with van der Waals surface area (Å²) in [4.78, 5) is 10.2. The first-order chi connectivity index (χ1) is 5.04. The summed E-state index contributed by atoms with van der Waals surface area (Å²) in [5, 5.41) is 25.6. The Kier molecular flexibility index (Phi) is 2.07. The Bertz CT molecular complexity index is 168. The summed E-state index contributed by atoms with van der Waals surface area (Å²) in [6.45, 7) is -2.34. The highest BCUT2D eigenvalue weighted by molar-refractivity contribution is 5.73. The van der Waals surface area contributed by atoms with Crippen LogP contribution in [0.15, 0.2) is 0 Å². The summed E-state index contributed by atoms with van der Waals surface area (Å²) in [5.41, 5.74) is 0. The highest BCUT2D eigenvalue weighted by atomic mass is 17.0. The molecule has 7 heteroatoms. The minimum Gasteiger partial charge on any atom is -0.475 e. The van der Waals surface area contributed by atoms with Gasteiger partial charge in [-0.25, -0.2) is 4.79 Å². The maximum atomic E-state index is 10.2. The fourth-order valence-electron chi connectivity index (χ4n) is 0.489. The van der Waals surface area contributed by atoms with E-state index in [1.807, 2.05) is 0 Å². The lowest BCUT2D eigenvalue weighted by Gasteiger charge is -2.30. The van der Waals surface area contributed by atoms with Crippen LogP contribution < -0.4 is 0 Å². The van der Waals surface area contributed by atoms with Gasteiger partial charge in [-0.1, -0.05) is 0 Å². The van der Waals surface area contributed by atoms with E-state index in [0.29, 0.717) is 0 Å². The number of rotatable bonds is 1. The molecule has 0 amide bonds. The molecule has 0 aromatic rings. The molecule has 11 heavy (non-hydrogen) atoms. The van der Waals surface area contributed by atoms with Crippen molar-refractivity contribution in [3.63, 3.8) is 0 Å². The van der Waals surface area contributed by atoms with Gasteiger partial charge in [0.2, 0.25) is 0 Å². The van der Waals surface area contributed by atoms with Crippen LogP contribution >= 0.6 is 0 Å². The molecular weight excluding hydrogens is 160 g/mol. The fraction of sp³-hybridized carbons (Fsp3) is 0.750. The van der Waals surface area contributed by atoms with E-state index in [4.69, 9.17) is 15.3 Å². The van der Waals surface area contributed by atoms with Crippen LogP contribution in [-0.4, -0.2) is 40.5 Å². The van der Waals surface area contributed by atoms with Crippen molar-refractivity contribution in [2.24, 2.45) is 0 Å². The molecule has 7 nitrogen and oxygen atoms in total. The Balaban J connectivity index is 2.63. The van der Waals surface area contributed by atoms with Gasteiger partial charge in [0.05, 0.1) is 0 Å². The summed E-state index contributed by atoms with van der Waals surface area (Å²) in [6.07, 6.45) is 0. The number of carboxylic acid groups (broad SMARTS) is 1. The van der Waals surface area contributed by atoms with Crippen molar-refractivity contribution in [1.82, 2.24) is 0 Å². The smallest absolute Gasteiger partial charge is 0.395 e. The first-order valence-corrected chi connectivity index (χ1v) is 2.62. The molecule has 0 aromatic heterocycles. The van der Waals surface area contributed by atoms with Gasteiger partial charge in [-0.2, -0.15) is 0 Å². The standard InChI is InChI=1S/C4H6O7/c5-2(6)4(8)10-1-9-3(7)11-4/h3,7-8H,1H2,(H,5,6). The topological polar surface area (TPSA) is 105 Å². The Labute approximate surface area is 60.7 Å². The third kappa shape index (κ3) is 1.64. The first kappa shape index (κ1) is 8.37. The van der Waals surface area contributed by atoms with Gasteiger partial charge in [0, 0.05) is 0 Å². The van der Waals surface area contributed by atoms with Crippen molar-refractivity contribution in [2.45, 2.75) is 12.4 Å². The molecule has 3 N–H and O–H groups in total. The van der Waals surface area contributed by atoms with E-state index in [1.165, 1.54) is 0 Å². The first-order valence-electron chi connectivity index (χ1n) is 2.62. The summed E-state index contributed by atoms with van der Waals surface area (Å²) < 4.78 is 12.4. The number of hydrogen-bond donors (Lipinski definition) is 3. The number of carboxylic acids is 1. The van der Waals surface area contributed by atoms with Gasteiger partial charge >= 0.3 is 11.9 Å². The van der Waals surface area contributed by atoms with Gasteiger partial charge < -0.3 is 20.1 Å². The van der Waals surface area contributed by atoms with Gasteiger partial charge in [-0.3, -0.25) is 9.47 Å². The lowest BCUT2D eigenvalue weighted by molar-refractivity contribution is -0.488. The van der Waals surface area contributed by atoms with E-state index in [-0.39, 0.29) is 0 Å². The summed E-state index contributed by atoms with van der Waals surface area (Å²) in [7, 11) is 0. The Morgan fingerprint density at radius 2 is 2.27 bits per heavy atom. The van der Waals surface area contributed by atoms with E-state index < -0.39 is 25.2 Å². The number of aliphatic hydroxyl groups is 2. The average Bonchev–Trinajstić information content (AvgIpc) is 1.86. The second-order valence-corrected chi connectivity index (χ2v) is 1.74. The average molecular weight is 166 g/mol. The lowest BCUT2D eigenvalue weighted by atomic mass is 10.5. The minimum atomic E-state index is -2.81. The van der Waals surface area contributed by atoms with Crippen LogP contribution in [0.3, 0.4) is 0 Å². The van der Waals surface area contributed by atoms with Crippen LogP contribution in [0, 0.1) is 0 Å². The largest absolute Gasteiger partial charge is 0.475 e. The Morgan fingerprint density at radius 1 is 1.64 bits per heavy atom. The molecule has 1 aliphatic rings. The van der Waals surface area contributed by atoms with Gasteiger partial charge in [-0.05, 0) is 0 Å². The molecule has 2 atom stereocenters. The maximum absolute atomic E-state index is 10.2. The number of aliphatic carboxylic acids is 1. The summed E-state index contributed by atoms with van der Waals surface area (Å²) >= 11 is 0. The van der Waals surface area contributed by atoms with Crippen LogP contribution in [0.2, 0.25) is 0 Å². The normalized spacial score (nSPS) is 38.5. The molecule has 1 saturated heterocycles. The van der Waals surface area contributed by atoms with Crippen molar-refractivity contribution in [1.29, 1.82) is 0 Å². The van der Waals surface area contributed by atoms with Crippen molar-refractivity contribution in [3.8, 4) is 0 Å². The molecular formula is C4H6O7. The monoisotopic (exact) mass is 166 g/mol. The van der Waals surface area contributed by atoms with Gasteiger partial charge in [0.15, 0.2) is 6.79 Å².